The number of nitrogens with zero attached hydrogens (tertiary/aromatic N) is 3. The number of amides is 5. The molecule has 0 saturated carbocycles. The van der Waals surface area contributed by atoms with Gasteiger partial charge in [-0.3, -0.25) is 19.2 Å². The Morgan fingerprint density at radius 1 is 0.982 bits per heavy atom. The first-order valence-corrected chi connectivity index (χ1v) is 20.7. The van der Waals surface area contributed by atoms with Crippen LogP contribution in [-0.4, -0.2) is 133 Å². The van der Waals surface area contributed by atoms with Gasteiger partial charge in [-0.2, -0.15) is 0 Å². The highest BCUT2D eigenvalue weighted by atomic mass is 19.1. The van der Waals surface area contributed by atoms with Gasteiger partial charge in [-0.05, 0) is 57.8 Å². The predicted octanol–water partition coefficient (Wildman–Crippen LogP) is 5.20. The average molecular weight is 804 g/mol. The van der Waals surface area contributed by atoms with Gasteiger partial charge in [-0.15, -0.1) is 0 Å². The number of hydrogen-bond acceptors (Lipinski definition) is 8. The molecule has 2 N–H and O–H groups in total. The van der Waals surface area contributed by atoms with Crippen molar-refractivity contribution in [1.29, 1.82) is 0 Å². The third-order valence-corrected chi connectivity index (χ3v) is 11.6. The maximum Gasteiger partial charge on any atom is 0.410 e. The molecule has 2 aliphatic heterocycles. The molecule has 0 radical (unpaired) electrons. The van der Waals surface area contributed by atoms with Crippen molar-refractivity contribution in [2.45, 2.75) is 136 Å². The van der Waals surface area contributed by atoms with Gasteiger partial charge in [-0.1, -0.05) is 77.5 Å². The Labute approximate surface area is 340 Å². The maximum atomic E-state index is 16.1. The summed E-state index contributed by atoms with van der Waals surface area (Å²) < 4.78 is 33.4. The lowest BCUT2D eigenvalue weighted by Gasteiger charge is -2.41. The summed E-state index contributed by atoms with van der Waals surface area (Å²) in [5, 5.41) is 5.72. The molecule has 0 aromatic rings. The Balaban J connectivity index is 1.71. The first-order valence-electron chi connectivity index (χ1n) is 20.7. The van der Waals surface area contributed by atoms with Crippen LogP contribution in [0.1, 0.15) is 93.9 Å². The van der Waals surface area contributed by atoms with Gasteiger partial charge in [0.25, 0.3) is 5.91 Å². The zero-order valence-electron chi connectivity index (χ0n) is 36.2. The summed E-state index contributed by atoms with van der Waals surface area (Å²) in [5.74, 6) is -2.51. The molecule has 3 aliphatic rings. The molecule has 0 spiro atoms. The van der Waals surface area contributed by atoms with Crippen molar-refractivity contribution in [2.24, 2.45) is 23.7 Å². The second-order valence-corrected chi connectivity index (χ2v) is 17.3. The summed E-state index contributed by atoms with van der Waals surface area (Å²) in [6, 6.07) is -1.97. The number of carbonyl (C=O) groups is 5. The molecule has 0 aromatic carbocycles. The lowest BCUT2D eigenvalue weighted by molar-refractivity contribution is -0.148. The van der Waals surface area contributed by atoms with Crippen LogP contribution >= 0.6 is 0 Å². The third-order valence-electron chi connectivity index (χ3n) is 11.6. The van der Waals surface area contributed by atoms with Crippen molar-refractivity contribution in [3.8, 4) is 0 Å². The van der Waals surface area contributed by atoms with Gasteiger partial charge in [0.1, 0.15) is 11.6 Å². The molecule has 0 aromatic heterocycles. The molecule has 13 nitrogen and oxygen atoms in total. The summed E-state index contributed by atoms with van der Waals surface area (Å²) >= 11 is 0. The zero-order chi connectivity index (χ0) is 42.7. The Morgan fingerprint density at radius 2 is 1.63 bits per heavy atom. The zero-order valence-corrected chi connectivity index (χ0v) is 36.2. The number of nitrogens with one attached hydrogen (secondary N) is 2. The van der Waals surface area contributed by atoms with Gasteiger partial charge in [0, 0.05) is 47.3 Å². The molecule has 322 valence electrons. The Morgan fingerprint density at radius 3 is 2.19 bits per heavy atom. The van der Waals surface area contributed by atoms with Crippen molar-refractivity contribution >= 4 is 29.7 Å². The standard InChI is InChI=1S/C43H70FN5O8/c1-12-29(4)36(47(9)39(52)35(28(2)3)46-40(53)43(44)22-25-48(27-43)41(54)57-42(6,7)8)33(55-10)26-34(50)49-24-17-20-32(49)37(56-11)30(5)38(51)45-23-21-31-18-15-13-14-16-19-31/h13-16,18-19,28-33,35-37H,12,17,20-27H2,1-11H3,(H,45,51)(H,46,53)/t29-,30?,32-,33+,35-,36-,37?,43?/m0/s1. The van der Waals surface area contributed by atoms with Crippen LogP contribution in [0.2, 0.25) is 0 Å². The second kappa shape index (κ2) is 21.3. The highest BCUT2D eigenvalue weighted by Gasteiger charge is 2.49. The van der Waals surface area contributed by atoms with Gasteiger partial charge in [0.2, 0.25) is 23.4 Å². The van der Waals surface area contributed by atoms with E-state index in [0.29, 0.717) is 25.9 Å². The van der Waals surface area contributed by atoms with Crippen molar-refractivity contribution in [2.75, 3.05) is 47.4 Å². The van der Waals surface area contributed by atoms with Gasteiger partial charge in [0.15, 0.2) is 0 Å². The van der Waals surface area contributed by atoms with E-state index in [-0.39, 0.29) is 49.1 Å². The average Bonchev–Trinajstić information content (AvgIpc) is 3.73. The Bertz CT molecular complexity index is 1460. The summed E-state index contributed by atoms with van der Waals surface area (Å²) in [6.45, 7) is 15.0. The summed E-state index contributed by atoms with van der Waals surface area (Å²) in [7, 11) is 4.71. The highest BCUT2D eigenvalue weighted by molar-refractivity contribution is 5.92. The van der Waals surface area contributed by atoms with E-state index in [1.165, 1.54) is 16.9 Å². The topological polar surface area (TPSA) is 147 Å². The lowest BCUT2D eigenvalue weighted by Crippen LogP contribution is -2.60. The van der Waals surface area contributed by atoms with Gasteiger partial charge in [0.05, 0.1) is 43.2 Å². The fourth-order valence-corrected chi connectivity index (χ4v) is 8.07. The minimum Gasteiger partial charge on any atom is -0.444 e. The van der Waals surface area contributed by atoms with Crippen molar-refractivity contribution in [3.05, 3.63) is 36.5 Å². The number of carbonyl (C=O) groups excluding carboxylic acids is 5. The molecular weight excluding hydrogens is 733 g/mol. The number of likely N-dealkylation sites (tertiary alicyclic amines) is 2. The minimum atomic E-state index is -2.40. The van der Waals surface area contributed by atoms with Crippen LogP contribution < -0.4 is 10.6 Å². The van der Waals surface area contributed by atoms with Crippen LogP contribution in [0.5, 0.6) is 0 Å². The van der Waals surface area contributed by atoms with E-state index in [4.69, 9.17) is 14.2 Å². The molecule has 0 bridgehead atoms. The molecule has 2 saturated heterocycles. The van der Waals surface area contributed by atoms with Crippen LogP contribution in [-0.2, 0) is 33.4 Å². The molecular formula is C43H70FN5O8. The van der Waals surface area contributed by atoms with E-state index < -0.39 is 71.8 Å². The third kappa shape index (κ3) is 12.9. The second-order valence-electron chi connectivity index (χ2n) is 17.3. The number of ether oxygens (including phenoxy) is 3. The first-order chi connectivity index (χ1) is 26.8. The molecule has 57 heavy (non-hydrogen) atoms. The number of hydrogen-bond donors (Lipinski definition) is 2. The summed E-state index contributed by atoms with van der Waals surface area (Å²) in [6.07, 6.45) is 12.8. The molecule has 14 heteroatoms. The van der Waals surface area contributed by atoms with E-state index in [9.17, 15) is 24.0 Å². The number of likely N-dealkylation sites (N-methyl/N-ethyl adjacent to an activating group) is 1. The van der Waals surface area contributed by atoms with E-state index in [1.807, 2.05) is 45.1 Å². The molecule has 5 amide bonds. The van der Waals surface area contributed by atoms with Crippen LogP contribution in [0.4, 0.5) is 9.18 Å². The number of alkyl halides is 1. The fraction of sp³-hybridized carbons (Fsp3) is 0.744. The molecule has 3 unspecified atom stereocenters. The largest absolute Gasteiger partial charge is 0.444 e. The molecule has 1 aliphatic carbocycles. The number of halogens is 1. The molecule has 3 rings (SSSR count). The number of methoxy groups -OCH3 is 2. The molecule has 2 fully saturated rings. The number of rotatable bonds is 18. The maximum absolute atomic E-state index is 16.1. The van der Waals surface area contributed by atoms with Crippen molar-refractivity contribution < 1.29 is 42.6 Å². The predicted molar refractivity (Wildman–Crippen MR) is 218 cm³/mol. The molecule has 2 heterocycles. The van der Waals surface area contributed by atoms with Crippen LogP contribution in [0, 0.1) is 23.7 Å². The van der Waals surface area contributed by atoms with Crippen LogP contribution in [0.3, 0.4) is 0 Å². The van der Waals surface area contributed by atoms with Crippen LogP contribution in [0.25, 0.3) is 0 Å². The smallest absolute Gasteiger partial charge is 0.410 e. The summed E-state index contributed by atoms with van der Waals surface area (Å²) in [5.41, 5.74) is -3.18. The van der Waals surface area contributed by atoms with E-state index in [1.54, 1.807) is 53.7 Å². The highest BCUT2D eigenvalue weighted by Crippen LogP contribution is 2.31. The Hall–Kier alpha value is -3.78. The quantitative estimate of drug-likeness (QED) is 0.192. The van der Waals surface area contributed by atoms with Crippen molar-refractivity contribution in [3.63, 3.8) is 0 Å². The number of allylic oxidation sites excluding steroid dienone is 6. The van der Waals surface area contributed by atoms with E-state index in [0.717, 1.165) is 12.8 Å². The van der Waals surface area contributed by atoms with E-state index in [2.05, 4.69) is 22.8 Å². The molecule has 8 atom stereocenters. The SMILES string of the molecule is CC[C@H](C)[C@@H]([C@@H](CC(=O)N1CCC[C@H]1C(OC)C(C)C(=O)NCCC1C=CC=CC=C1)OC)N(C)C(=O)[C@@H](NC(=O)C1(F)CCN(C(=O)OC(C)(C)C)C1)C(C)C. The summed E-state index contributed by atoms with van der Waals surface area (Å²) in [4.78, 5) is 72.4. The normalized spacial score (nSPS) is 23.1. The van der Waals surface area contributed by atoms with Gasteiger partial charge >= 0.3 is 6.09 Å². The van der Waals surface area contributed by atoms with Gasteiger partial charge in [-0.25, -0.2) is 9.18 Å². The lowest BCUT2D eigenvalue weighted by atomic mass is 9.89. The fourth-order valence-electron chi connectivity index (χ4n) is 8.07. The minimum absolute atomic E-state index is 0.00240. The monoisotopic (exact) mass is 804 g/mol. The van der Waals surface area contributed by atoms with Crippen molar-refractivity contribution in [1.82, 2.24) is 25.3 Å². The van der Waals surface area contributed by atoms with Crippen LogP contribution in [0.15, 0.2) is 36.5 Å². The first kappa shape index (κ1) is 47.6. The van der Waals surface area contributed by atoms with Gasteiger partial charge < -0.3 is 39.5 Å². The Kier molecular flexibility index (Phi) is 17.8. The van der Waals surface area contributed by atoms with E-state index >= 15 is 4.39 Å².